The summed E-state index contributed by atoms with van der Waals surface area (Å²) in [4.78, 5) is 2.51. The number of rotatable bonds is 8. The molecule has 0 saturated carbocycles. The zero-order valence-electron chi connectivity index (χ0n) is 16.4. The molecule has 0 spiro atoms. The van der Waals surface area contributed by atoms with Gasteiger partial charge in [-0.15, -0.1) is 0 Å². The fraction of sp³-hybridized carbons (Fsp3) is 0.810. The molecule has 26 heavy (non-hydrogen) atoms. The molecule has 1 heterocycles. The monoisotopic (exact) mass is 373 g/mol. The molecule has 2 rings (SSSR count). The number of hydrogen-bond donors (Lipinski definition) is 0. The van der Waals surface area contributed by atoms with E-state index in [0.717, 1.165) is 50.6 Å². The van der Waals surface area contributed by atoms with E-state index in [2.05, 4.69) is 18.7 Å². The zero-order chi connectivity index (χ0) is 19.2. The largest absolute Gasteiger partial charge is 0.395 e. The quantitative estimate of drug-likeness (QED) is 0.513. The van der Waals surface area contributed by atoms with Crippen LogP contribution in [0.2, 0.25) is 0 Å². The van der Waals surface area contributed by atoms with Gasteiger partial charge in [0.25, 0.3) is 0 Å². The Balaban J connectivity index is 1.74. The lowest BCUT2D eigenvalue weighted by molar-refractivity contribution is -0.160. The molecular weight excluding hydrogens is 339 g/mol. The van der Waals surface area contributed by atoms with E-state index in [0.29, 0.717) is 0 Å². The summed E-state index contributed by atoms with van der Waals surface area (Å²) in [6, 6.07) is 0. The van der Waals surface area contributed by atoms with Crippen LogP contribution in [0, 0.1) is 17.3 Å². The highest BCUT2D eigenvalue weighted by Crippen LogP contribution is 2.39. The minimum atomic E-state index is -4.13. The number of methoxy groups -OCH3 is 1. The van der Waals surface area contributed by atoms with E-state index >= 15 is 0 Å². The third-order valence-corrected chi connectivity index (χ3v) is 6.02. The van der Waals surface area contributed by atoms with Crippen molar-refractivity contribution >= 4 is 0 Å². The fourth-order valence-electron chi connectivity index (χ4n) is 3.96. The van der Waals surface area contributed by atoms with Crippen LogP contribution in [-0.4, -0.2) is 44.4 Å². The van der Waals surface area contributed by atoms with Crippen molar-refractivity contribution in [2.75, 3.05) is 33.4 Å². The summed E-state index contributed by atoms with van der Waals surface area (Å²) in [5.41, 5.74) is 0.968. The Hall–Kier alpha value is -0.810. The van der Waals surface area contributed by atoms with Crippen molar-refractivity contribution in [3.63, 3.8) is 0 Å². The van der Waals surface area contributed by atoms with Crippen molar-refractivity contribution in [3.05, 3.63) is 23.8 Å². The number of piperidine rings is 1. The molecule has 5 heteroatoms. The van der Waals surface area contributed by atoms with Crippen molar-refractivity contribution in [1.29, 1.82) is 0 Å². The van der Waals surface area contributed by atoms with Gasteiger partial charge in [0.05, 0.1) is 5.92 Å². The standard InChI is InChI=1S/C21H34F3NO/c1-20(2,18-6-8-19(9-7-18)21(22,23)24)12-15-25-13-10-17(11-14-25)5-4-16-26-3/h6-8,17,19H,4-5,9-16H2,1-3H3. The van der Waals surface area contributed by atoms with Gasteiger partial charge in [-0.3, -0.25) is 0 Å². The lowest BCUT2D eigenvalue weighted by Gasteiger charge is -2.36. The molecule has 2 nitrogen and oxygen atoms in total. The Morgan fingerprint density at radius 3 is 2.42 bits per heavy atom. The Labute approximate surface area is 156 Å². The molecule has 1 aliphatic heterocycles. The number of nitrogens with zero attached hydrogens (tertiary/aromatic N) is 1. The summed E-state index contributed by atoms with van der Waals surface area (Å²) in [5.74, 6) is -0.503. The van der Waals surface area contributed by atoms with Gasteiger partial charge < -0.3 is 9.64 Å². The van der Waals surface area contributed by atoms with Crippen LogP contribution in [0.4, 0.5) is 13.2 Å². The van der Waals surface area contributed by atoms with E-state index in [4.69, 9.17) is 4.74 Å². The van der Waals surface area contributed by atoms with Gasteiger partial charge in [-0.1, -0.05) is 32.1 Å². The topological polar surface area (TPSA) is 12.5 Å². The summed E-state index contributed by atoms with van der Waals surface area (Å²) < 4.78 is 43.5. The summed E-state index contributed by atoms with van der Waals surface area (Å²) in [7, 11) is 1.75. The third-order valence-electron chi connectivity index (χ3n) is 6.02. The second-order valence-corrected chi connectivity index (χ2v) is 8.46. The number of halogens is 3. The number of ether oxygens (including phenoxy) is 1. The molecule has 1 unspecified atom stereocenters. The molecule has 0 aromatic heterocycles. The molecule has 0 aromatic carbocycles. The summed E-state index contributed by atoms with van der Waals surface area (Å²) in [6.45, 7) is 8.44. The van der Waals surface area contributed by atoms with Crippen LogP contribution in [-0.2, 0) is 4.74 Å². The normalized spacial score (nSPS) is 23.3. The Morgan fingerprint density at radius 2 is 1.88 bits per heavy atom. The lowest BCUT2D eigenvalue weighted by Crippen LogP contribution is -2.36. The number of hydrogen-bond acceptors (Lipinski definition) is 2. The molecule has 150 valence electrons. The highest BCUT2D eigenvalue weighted by molar-refractivity contribution is 5.30. The van der Waals surface area contributed by atoms with Crippen LogP contribution < -0.4 is 0 Å². The molecule has 1 aliphatic carbocycles. The maximum atomic E-state index is 12.8. The first-order valence-electron chi connectivity index (χ1n) is 9.89. The third kappa shape index (κ3) is 6.41. The van der Waals surface area contributed by atoms with E-state index < -0.39 is 12.1 Å². The number of allylic oxidation sites excluding steroid dienone is 4. The van der Waals surface area contributed by atoms with E-state index in [-0.39, 0.29) is 11.8 Å². The van der Waals surface area contributed by atoms with Crippen molar-refractivity contribution in [3.8, 4) is 0 Å². The van der Waals surface area contributed by atoms with Gasteiger partial charge >= 0.3 is 6.18 Å². The second-order valence-electron chi connectivity index (χ2n) is 8.46. The highest BCUT2D eigenvalue weighted by Gasteiger charge is 2.38. The van der Waals surface area contributed by atoms with Crippen molar-refractivity contribution in [1.82, 2.24) is 4.90 Å². The van der Waals surface area contributed by atoms with Gasteiger partial charge in [0.2, 0.25) is 0 Å². The first kappa shape index (κ1) is 21.5. The van der Waals surface area contributed by atoms with Crippen molar-refractivity contribution in [2.45, 2.75) is 58.5 Å². The molecule has 1 fully saturated rings. The molecule has 0 amide bonds. The van der Waals surface area contributed by atoms with E-state index in [1.807, 2.05) is 0 Å². The first-order chi connectivity index (χ1) is 12.2. The van der Waals surface area contributed by atoms with Gasteiger partial charge in [0.15, 0.2) is 0 Å². The molecule has 1 atom stereocenters. The predicted octanol–water partition coefficient (Wildman–Crippen LogP) is 5.61. The van der Waals surface area contributed by atoms with Crippen LogP contribution in [0.3, 0.4) is 0 Å². The van der Waals surface area contributed by atoms with Gasteiger partial charge in [-0.2, -0.15) is 13.2 Å². The summed E-state index contributed by atoms with van der Waals surface area (Å²) in [6.07, 6.45) is 6.65. The van der Waals surface area contributed by atoms with Gasteiger partial charge in [-0.25, -0.2) is 0 Å². The van der Waals surface area contributed by atoms with Crippen molar-refractivity contribution in [2.24, 2.45) is 17.3 Å². The smallest absolute Gasteiger partial charge is 0.385 e. The lowest BCUT2D eigenvalue weighted by atomic mass is 9.77. The van der Waals surface area contributed by atoms with Gasteiger partial charge in [0.1, 0.15) is 0 Å². The van der Waals surface area contributed by atoms with Crippen LogP contribution in [0.25, 0.3) is 0 Å². The van der Waals surface area contributed by atoms with Crippen molar-refractivity contribution < 1.29 is 17.9 Å². The van der Waals surface area contributed by atoms with Crippen LogP contribution >= 0.6 is 0 Å². The molecule has 0 radical (unpaired) electrons. The molecule has 0 N–H and O–H groups in total. The minimum absolute atomic E-state index is 0.0750. The highest BCUT2D eigenvalue weighted by atomic mass is 19.4. The maximum absolute atomic E-state index is 12.8. The maximum Gasteiger partial charge on any atom is 0.395 e. The first-order valence-corrected chi connectivity index (χ1v) is 9.89. The molecular formula is C21H34F3NO. The number of likely N-dealkylation sites (tertiary alicyclic amines) is 1. The SMILES string of the molecule is COCCCC1CCN(CCC(C)(C)C2=CCC(C(F)(F)F)C=C2)CC1. The Kier molecular flexibility index (Phi) is 7.77. The average Bonchev–Trinajstić information content (AvgIpc) is 2.61. The minimum Gasteiger partial charge on any atom is -0.385 e. The van der Waals surface area contributed by atoms with Crippen LogP contribution in [0.1, 0.15) is 52.4 Å². The van der Waals surface area contributed by atoms with Crippen LogP contribution in [0.15, 0.2) is 23.8 Å². The van der Waals surface area contributed by atoms with E-state index in [1.54, 1.807) is 19.3 Å². The molecule has 2 aliphatic rings. The Morgan fingerprint density at radius 1 is 1.19 bits per heavy atom. The average molecular weight is 374 g/mol. The van der Waals surface area contributed by atoms with Gasteiger partial charge in [0, 0.05) is 13.7 Å². The van der Waals surface area contributed by atoms with E-state index in [9.17, 15) is 13.2 Å². The molecule has 0 aromatic rings. The summed E-state index contributed by atoms with van der Waals surface area (Å²) in [5, 5.41) is 0. The molecule has 0 bridgehead atoms. The zero-order valence-corrected chi connectivity index (χ0v) is 16.4. The van der Waals surface area contributed by atoms with E-state index in [1.165, 1.54) is 25.3 Å². The second kappa shape index (κ2) is 9.41. The predicted molar refractivity (Wildman–Crippen MR) is 100 cm³/mol. The van der Waals surface area contributed by atoms with Gasteiger partial charge in [-0.05, 0) is 75.1 Å². The molecule has 1 saturated heterocycles. The summed E-state index contributed by atoms with van der Waals surface area (Å²) >= 11 is 0. The Bertz CT molecular complexity index is 488. The number of alkyl halides is 3. The fourth-order valence-corrected chi connectivity index (χ4v) is 3.96. The van der Waals surface area contributed by atoms with Crippen LogP contribution in [0.5, 0.6) is 0 Å².